The Hall–Kier alpha value is -2.18. The van der Waals surface area contributed by atoms with Gasteiger partial charge in [-0.15, -0.1) is 23.7 Å². The van der Waals surface area contributed by atoms with Gasteiger partial charge in [-0.25, -0.2) is 22.2 Å². The second-order valence-corrected chi connectivity index (χ2v) is 9.33. The highest BCUT2D eigenvalue weighted by atomic mass is 35.5. The summed E-state index contributed by atoms with van der Waals surface area (Å²) >= 11 is 7.45. The van der Waals surface area contributed by atoms with Crippen LogP contribution in [0.3, 0.4) is 0 Å². The third-order valence-electron chi connectivity index (χ3n) is 4.32. The van der Waals surface area contributed by atoms with Gasteiger partial charge >= 0.3 is 0 Å². The van der Waals surface area contributed by atoms with Gasteiger partial charge in [-0.3, -0.25) is 4.72 Å². The van der Waals surface area contributed by atoms with Crippen LogP contribution in [0.1, 0.15) is 0 Å². The molecule has 0 saturated heterocycles. The highest BCUT2D eigenvalue weighted by Crippen LogP contribution is 2.34. The van der Waals surface area contributed by atoms with Gasteiger partial charge in [0.15, 0.2) is 5.82 Å². The lowest BCUT2D eigenvalue weighted by molar-refractivity contribution is 0.570. The number of hydrogen-bond donors (Lipinski definition) is 3. The van der Waals surface area contributed by atoms with E-state index in [-0.39, 0.29) is 28.9 Å². The minimum atomic E-state index is -4.22. The predicted octanol–water partition coefficient (Wildman–Crippen LogP) is 4.70. The van der Waals surface area contributed by atoms with Crippen LogP contribution in [0.5, 0.6) is 0 Å². The number of rotatable bonds is 9. The Kier molecular flexibility index (Phi) is 9.05. The molecule has 0 saturated carbocycles. The molecule has 0 bridgehead atoms. The Balaban J connectivity index is 0.00000363. The van der Waals surface area contributed by atoms with Gasteiger partial charge in [0.2, 0.25) is 0 Å². The molecule has 7 nitrogen and oxygen atoms in total. The monoisotopic (exact) mass is 523 g/mol. The van der Waals surface area contributed by atoms with Gasteiger partial charge in [-0.2, -0.15) is 0 Å². The van der Waals surface area contributed by atoms with Gasteiger partial charge in [-0.05, 0) is 31.3 Å². The van der Waals surface area contributed by atoms with Gasteiger partial charge in [0.05, 0.1) is 27.6 Å². The summed E-state index contributed by atoms with van der Waals surface area (Å²) < 4.78 is 55.8. The normalized spacial score (nSPS) is 11.0. The van der Waals surface area contributed by atoms with Gasteiger partial charge in [0, 0.05) is 31.6 Å². The van der Waals surface area contributed by atoms with Crippen molar-refractivity contribution in [1.82, 2.24) is 10.3 Å². The molecule has 0 spiro atoms. The van der Waals surface area contributed by atoms with E-state index in [1.807, 2.05) is 4.90 Å². The summed E-state index contributed by atoms with van der Waals surface area (Å²) in [7, 11) is -0.625. The van der Waals surface area contributed by atoms with E-state index < -0.39 is 26.6 Å². The molecule has 2 aromatic carbocycles. The first-order valence-corrected chi connectivity index (χ1v) is 11.8. The molecule has 3 rings (SSSR count). The maximum Gasteiger partial charge on any atom is 0.266 e. The SMILES string of the molecule is CNCCN(C)c1cc(F)ccc1Nc1cc(F)c(S(=O)(=O)Nc2cscn2)cc1Cl.Cl. The Labute approximate surface area is 200 Å². The summed E-state index contributed by atoms with van der Waals surface area (Å²) in [5, 5.41) is 7.43. The van der Waals surface area contributed by atoms with Crippen molar-refractivity contribution in [2.24, 2.45) is 0 Å². The average molecular weight is 524 g/mol. The minimum absolute atomic E-state index is 0. The number of nitrogens with one attached hydrogen (secondary N) is 3. The van der Waals surface area contributed by atoms with Crippen LogP contribution in [-0.2, 0) is 10.0 Å². The Bertz CT molecular complexity index is 1160. The second-order valence-electron chi connectivity index (χ2n) is 6.55. The fourth-order valence-corrected chi connectivity index (χ4v) is 4.68. The largest absolute Gasteiger partial charge is 0.372 e. The smallest absolute Gasteiger partial charge is 0.266 e. The van der Waals surface area contributed by atoms with E-state index in [0.29, 0.717) is 24.5 Å². The van der Waals surface area contributed by atoms with Crippen LogP contribution in [0.4, 0.5) is 31.7 Å². The van der Waals surface area contributed by atoms with Crippen LogP contribution in [-0.4, -0.2) is 40.6 Å². The molecule has 32 heavy (non-hydrogen) atoms. The molecular formula is C19H21Cl2F2N5O2S2. The number of halogens is 4. The van der Waals surface area contributed by atoms with Gasteiger partial charge < -0.3 is 15.5 Å². The van der Waals surface area contributed by atoms with Crippen molar-refractivity contribution < 1.29 is 17.2 Å². The van der Waals surface area contributed by atoms with E-state index in [0.717, 1.165) is 12.1 Å². The average Bonchev–Trinajstić information content (AvgIpc) is 3.22. The van der Waals surface area contributed by atoms with Crippen molar-refractivity contribution in [2.75, 3.05) is 42.1 Å². The first-order valence-electron chi connectivity index (χ1n) is 9.03. The maximum atomic E-state index is 14.7. The number of nitrogens with zero attached hydrogens (tertiary/aromatic N) is 2. The van der Waals surface area contributed by atoms with Crippen LogP contribution in [0, 0.1) is 11.6 Å². The molecule has 0 aliphatic heterocycles. The fourth-order valence-electron chi connectivity index (χ4n) is 2.76. The summed E-state index contributed by atoms with van der Waals surface area (Å²) in [6.07, 6.45) is 0. The Morgan fingerprint density at radius 2 is 1.94 bits per heavy atom. The summed E-state index contributed by atoms with van der Waals surface area (Å²) in [6, 6.07) is 6.11. The summed E-state index contributed by atoms with van der Waals surface area (Å²) in [4.78, 5) is 5.04. The molecule has 0 aliphatic carbocycles. The molecule has 0 atom stereocenters. The highest BCUT2D eigenvalue weighted by Gasteiger charge is 2.23. The molecular weight excluding hydrogens is 503 g/mol. The molecule has 0 amide bonds. The zero-order valence-electron chi connectivity index (χ0n) is 17.0. The number of likely N-dealkylation sites (N-methyl/N-ethyl adjacent to an activating group) is 2. The van der Waals surface area contributed by atoms with Crippen molar-refractivity contribution in [3.05, 3.63) is 57.9 Å². The second kappa shape index (κ2) is 11.1. The van der Waals surface area contributed by atoms with Crippen LogP contribution in [0.15, 0.2) is 46.1 Å². The van der Waals surface area contributed by atoms with E-state index in [4.69, 9.17) is 11.6 Å². The lowest BCUT2D eigenvalue weighted by Gasteiger charge is -2.23. The van der Waals surface area contributed by atoms with Gasteiger partial charge in [0.1, 0.15) is 16.5 Å². The fraction of sp³-hybridized carbons (Fsp3) is 0.211. The van der Waals surface area contributed by atoms with E-state index in [9.17, 15) is 17.2 Å². The molecule has 174 valence electrons. The van der Waals surface area contributed by atoms with Crippen LogP contribution in [0.2, 0.25) is 5.02 Å². The molecule has 1 heterocycles. The highest BCUT2D eigenvalue weighted by molar-refractivity contribution is 7.92. The van der Waals surface area contributed by atoms with E-state index in [1.165, 1.54) is 40.4 Å². The van der Waals surface area contributed by atoms with Crippen molar-refractivity contribution in [3.63, 3.8) is 0 Å². The number of aromatic nitrogens is 1. The third kappa shape index (κ3) is 6.20. The lowest BCUT2D eigenvalue weighted by atomic mass is 10.2. The zero-order chi connectivity index (χ0) is 22.6. The minimum Gasteiger partial charge on any atom is -0.372 e. The lowest BCUT2D eigenvalue weighted by Crippen LogP contribution is -2.27. The van der Waals surface area contributed by atoms with E-state index in [2.05, 4.69) is 20.3 Å². The van der Waals surface area contributed by atoms with Crippen molar-refractivity contribution in [2.45, 2.75) is 4.90 Å². The number of sulfonamides is 1. The molecule has 3 N–H and O–H groups in total. The van der Waals surface area contributed by atoms with Gasteiger partial charge in [0.25, 0.3) is 10.0 Å². The number of benzene rings is 2. The van der Waals surface area contributed by atoms with Crippen molar-refractivity contribution >= 4 is 68.2 Å². The van der Waals surface area contributed by atoms with Crippen LogP contribution in [0.25, 0.3) is 0 Å². The summed E-state index contributed by atoms with van der Waals surface area (Å²) in [5.74, 6) is -1.34. The van der Waals surface area contributed by atoms with Crippen LogP contribution < -0.4 is 20.3 Å². The number of anilines is 4. The first kappa shape index (κ1) is 26.1. The summed E-state index contributed by atoms with van der Waals surface area (Å²) in [6.45, 7) is 1.26. The maximum absolute atomic E-state index is 14.7. The third-order valence-corrected chi connectivity index (χ3v) is 6.59. The molecule has 1 aromatic heterocycles. The standard InChI is InChI=1S/C19H20ClF2N5O2S2.ClH/c1-23-5-6-27(2)17-7-12(21)3-4-15(17)25-16-9-14(22)18(8-13(16)20)31(28,29)26-19-10-30-11-24-19;/h3-4,7-11,23,25-26H,5-6H2,1-2H3;1H. The van der Waals surface area contributed by atoms with Crippen molar-refractivity contribution in [1.29, 1.82) is 0 Å². The van der Waals surface area contributed by atoms with E-state index in [1.54, 1.807) is 14.1 Å². The molecule has 0 fully saturated rings. The van der Waals surface area contributed by atoms with Gasteiger partial charge in [-0.1, -0.05) is 11.6 Å². The van der Waals surface area contributed by atoms with E-state index >= 15 is 0 Å². The number of hydrogen-bond acceptors (Lipinski definition) is 7. The molecule has 13 heteroatoms. The predicted molar refractivity (Wildman–Crippen MR) is 128 cm³/mol. The Morgan fingerprint density at radius 3 is 2.59 bits per heavy atom. The quantitative estimate of drug-likeness (QED) is 0.377. The molecule has 0 aliphatic rings. The van der Waals surface area contributed by atoms with Crippen molar-refractivity contribution in [3.8, 4) is 0 Å². The first-order chi connectivity index (χ1) is 14.7. The summed E-state index contributed by atoms with van der Waals surface area (Å²) in [5.41, 5.74) is 2.61. The Morgan fingerprint density at radius 1 is 1.19 bits per heavy atom. The molecule has 0 radical (unpaired) electrons. The molecule has 3 aromatic rings. The molecule has 0 unspecified atom stereocenters. The zero-order valence-corrected chi connectivity index (χ0v) is 20.2. The topological polar surface area (TPSA) is 86.4 Å². The number of thiazole rings is 1. The van der Waals surface area contributed by atoms with Crippen LogP contribution >= 0.6 is 35.3 Å².